The van der Waals surface area contributed by atoms with Gasteiger partial charge in [-0.2, -0.15) is 0 Å². The van der Waals surface area contributed by atoms with E-state index in [1.165, 1.54) is 18.2 Å². The number of carbonyl (C=O) groups excluding carboxylic acids is 1. The van der Waals surface area contributed by atoms with Crippen molar-refractivity contribution in [1.29, 1.82) is 0 Å². The minimum Gasteiger partial charge on any atom is -0.324 e. The molecule has 23 heavy (non-hydrogen) atoms. The number of thioether (sulfide) groups is 1. The first-order valence-corrected chi connectivity index (χ1v) is 9.17. The number of hydrogen-bond donors (Lipinski definition) is 1. The molecule has 0 aliphatic carbocycles. The third-order valence-electron chi connectivity index (χ3n) is 3.61. The number of rotatable bonds is 4. The topological polar surface area (TPSA) is 59.8 Å². The van der Waals surface area contributed by atoms with Crippen LogP contribution in [0.25, 0.3) is 0 Å². The molecule has 1 amide bonds. The van der Waals surface area contributed by atoms with Crippen molar-refractivity contribution in [3.63, 3.8) is 0 Å². The minimum atomic E-state index is -0.148. The highest BCUT2D eigenvalue weighted by molar-refractivity contribution is 7.99. The number of halogens is 2. The van der Waals surface area contributed by atoms with Gasteiger partial charge in [0.15, 0.2) is 5.16 Å². The average Bonchev–Trinajstić information content (AvgIpc) is 2.76. The Labute approximate surface area is 148 Å². The van der Waals surface area contributed by atoms with E-state index in [-0.39, 0.29) is 11.7 Å². The van der Waals surface area contributed by atoms with Crippen LogP contribution in [0, 0.1) is 0 Å². The number of aromatic nitrogens is 3. The maximum Gasteiger partial charge on any atom is 0.234 e. The predicted molar refractivity (Wildman–Crippen MR) is 93.4 cm³/mol. The molecule has 1 aliphatic rings. The summed E-state index contributed by atoms with van der Waals surface area (Å²) in [6.45, 7) is 0.923. The highest BCUT2D eigenvalue weighted by atomic mass is 35.5. The summed E-state index contributed by atoms with van der Waals surface area (Å²) in [7, 11) is 0. The van der Waals surface area contributed by atoms with E-state index in [0.717, 1.165) is 36.8 Å². The molecular formula is C15H16Cl2N4OS. The number of benzene rings is 1. The molecule has 122 valence electrons. The molecule has 3 rings (SSSR count). The second kappa shape index (κ2) is 7.55. The first-order chi connectivity index (χ1) is 11.1. The van der Waals surface area contributed by atoms with E-state index in [1.54, 1.807) is 18.2 Å². The van der Waals surface area contributed by atoms with E-state index in [1.807, 2.05) is 0 Å². The van der Waals surface area contributed by atoms with E-state index in [2.05, 4.69) is 20.1 Å². The van der Waals surface area contributed by atoms with E-state index in [0.29, 0.717) is 15.7 Å². The fourth-order valence-corrected chi connectivity index (χ4v) is 3.60. The normalized spacial score (nSPS) is 14.2. The third kappa shape index (κ3) is 4.19. The molecule has 0 radical (unpaired) electrons. The largest absolute Gasteiger partial charge is 0.324 e. The number of hydrogen-bond acceptors (Lipinski definition) is 4. The molecule has 0 bridgehead atoms. The molecule has 0 unspecified atom stereocenters. The van der Waals surface area contributed by atoms with E-state index in [9.17, 15) is 4.79 Å². The van der Waals surface area contributed by atoms with Crippen LogP contribution >= 0.6 is 35.0 Å². The Morgan fingerprint density at radius 2 is 2.13 bits per heavy atom. The van der Waals surface area contributed by atoms with Gasteiger partial charge in [0.2, 0.25) is 5.91 Å². The van der Waals surface area contributed by atoms with Crippen LogP contribution in [0.5, 0.6) is 0 Å². The summed E-state index contributed by atoms with van der Waals surface area (Å²) in [5, 5.41) is 13.0. The summed E-state index contributed by atoms with van der Waals surface area (Å²) in [5.41, 5.74) is 0.518. The standard InChI is InChI=1S/C15H16Cl2N4OS/c16-10-5-6-11(17)12(8-10)18-14(22)9-23-15-20-19-13-4-2-1-3-7-21(13)15/h5-6,8H,1-4,7,9H2,(H,18,22). The third-order valence-corrected chi connectivity index (χ3v) is 5.14. The monoisotopic (exact) mass is 370 g/mol. The maximum absolute atomic E-state index is 12.1. The Morgan fingerprint density at radius 3 is 3.00 bits per heavy atom. The Kier molecular flexibility index (Phi) is 5.46. The fraction of sp³-hybridized carbons (Fsp3) is 0.400. The number of nitrogens with one attached hydrogen (secondary N) is 1. The van der Waals surface area contributed by atoms with Gasteiger partial charge in [-0.3, -0.25) is 4.79 Å². The van der Waals surface area contributed by atoms with Crippen molar-refractivity contribution in [2.75, 3.05) is 11.1 Å². The molecule has 0 fully saturated rings. The van der Waals surface area contributed by atoms with Gasteiger partial charge in [-0.05, 0) is 31.0 Å². The molecule has 0 saturated carbocycles. The molecule has 5 nitrogen and oxygen atoms in total. The fourth-order valence-electron chi connectivity index (χ4n) is 2.47. The number of nitrogens with zero attached hydrogens (tertiary/aromatic N) is 3. The summed E-state index contributed by atoms with van der Waals surface area (Å²) in [5.74, 6) is 1.12. The van der Waals surface area contributed by atoms with Gasteiger partial charge < -0.3 is 9.88 Å². The van der Waals surface area contributed by atoms with Gasteiger partial charge in [0, 0.05) is 18.0 Å². The number of anilines is 1. The SMILES string of the molecule is O=C(CSc1nnc2n1CCCCC2)Nc1cc(Cl)ccc1Cl. The van der Waals surface area contributed by atoms with E-state index < -0.39 is 0 Å². The van der Waals surface area contributed by atoms with Crippen molar-refractivity contribution in [2.24, 2.45) is 0 Å². The van der Waals surface area contributed by atoms with Crippen LogP contribution in [0.3, 0.4) is 0 Å². The van der Waals surface area contributed by atoms with Crippen LogP contribution in [-0.2, 0) is 17.8 Å². The molecular weight excluding hydrogens is 355 g/mol. The molecule has 1 aliphatic heterocycles. The van der Waals surface area contributed by atoms with E-state index >= 15 is 0 Å². The Balaban J connectivity index is 1.61. The number of carbonyl (C=O) groups is 1. The maximum atomic E-state index is 12.1. The quantitative estimate of drug-likeness (QED) is 0.824. The molecule has 8 heteroatoms. The lowest BCUT2D eigenvalue weighted by Gasteiger charge is -2.08. The predicted octanol–water partition coefficient (Wildman–Crippen LogP) is 4.04. The second-order valence-electron chi connectivity index (χ2n) is 5.32. The van der Waals surface area contributed by atoms with Crippen LogP contribution < -0.4 is 5.32 Å². The summed E-state index contributed by atoms with van der Waals surface area (Å²) in [4.78, 5) is 12.1. The first kappa shape index (κ1) is 16.6. The average molecular weight is 371 g/mol. The van der Waals surface area contributed by atoms with Gasteiger partial charge in [-0.25, -0.2) is 0 Å². The van der Waals surface area contributed by atoms with Crippen LogP contribution in [0.15, 0.2) is 23.4 Å². The van der Waals surface area contributed by atoms with Crippen LogP contribution in [0.4, 0.5) is 5.69 Å². The Morgan fingerprint density at radius 1 is 1.26 bits per heavy atom. The summed E-state index contributed by atoms with van der Waals surface area (Å²) >= 11 is 13.4. The smallest absolute Gasteiger partial charge is 0.234 e. The number of fused-ring (bicyclic) bond motifs is 1. The zero-order valence-electron chi connectivity index (χ0n) is 12.4. The van der Waals surface area contributed by atoms with Gasteiger partial charge in [0.25, 0.3) is 0 Å². The van der Waals surface area contributed by atoms with Crippen molar-refractivity contribution in [3.8, 4) is 0 Å². The molecule has 1 aromatic heterocycles. The van der Waals surface area contributed by atoms with Gasteiger partial charge in [0.05, 0.1) is 16.5 Å². The summed E-state index contributed by atoms with van der Waals surface area (Å²) < 4.78 is 2.12. The van der Waals surface area contributed by atoms with Crippen molar-refractivity contribution >= 4 is 46.6 Å². The Hall–Kier alpha value is -1.24. The zero-order valence-corrected chi connectivity index (χ0v) is 14.7. The second-order valence-corrected chi connectivity index (χ2v) is 7.11. The first-order valence-electron chi connectivity index (χ1n) is 7.43. The van der Waals surface area contributed by atoms with Gasteiger partial charge in [-0.15, -0.1) is 10.2 Å². The number of amides is 1. The molecule has 2 heterocycles. The van der Waals surface area contributed by atoms with Crippen LogP contribution in [0.2, 0.25) is 10.0 Å². The minimum absolute atomic E-state index is 0.148. The lowest BCUT2D eigenvalue weighted by Crippen LogP contribution is -2.15. The molecule has 2 aromatic rings. The molecule has 0 spiro atoms. The molecule has 1 aromatic carbocycles. The van der Waals surface area contributed by atoms with Gasteiger partial charge in [0.1, 0.15) is 5.82 Å². The molecule has 0 atom stereocenters. The highest BCUT2D eigenvalue weighted by Gasteiger charge is 2.16. The molecule has 0 saturated heterocycles. The van der Waals surface area contributed by atoms with Crippen LogP contribution in [0.1, 0.15) is 25.1 Å². The molecule has 1 N–H and O–H groups in total. The zero-order chi connectivity index (χ0) is 16.2. The van der Waals surface area contributed by atoms with Crippen molar-refractivity contribution in [2.45, 2.75) is 37.4 Å². The van der Waals surface area contributed by atoms with Gasteiger partial charge in [-0.1, -0.05) is 41.4 Å². The lowest BCUT2D eigenvalue weighted by molar-refractivity contribution is -0.113. The van der Waals surface area contributed by atoms with Crippen molar-refractivity contribution in [3.05, 3.63) is 34.1 Å². The number of aryl methyl sites for hydroxylation is 1. The summed E-state index contributed by atoms with van der Waals surface area (Å²) in [6, 6.07) is 4.97. The summed E-state index contributed by atoms with van der Waals surface area (Å²) in [6.07, 6.45) is 4.44. The van der Waals surface area contributed by atoms with Crippen LogP contribution in [-0.4, -0.2) is 26.4 Å². The van der Waals surface area contributed by atoms with Crippen molar-refractivity contribution in [1.82, 2.24) is 14.8 Å². The Bertz CT molecular complexity index is 719. The van der Waals surface area contributed by atoms with E-state index in [4.69, 9.17) is 23.2 Å². The van der Waals surface area contributed by atoms with Gasteiger partial charge >= 0.3 is 0 Å². The lowest BCUT2D eigenvalue weighted by atomic mass is 10.2. The highest BCUT2D eigenvalue weighted by Crippen LogP contribution is 2.26. The van der Waals surface area contributed by atoms with Crippen molar-refractivity contribution < 1.29 is 4.79 Å².